The van der Waals surface area contributed by atoms with Crippen LogP contribution in [-0.2, 0) is 4.79 Å². The van der Waals surface area contributed by atoms with Crippen molar-refractivity contribution in [2.24, 2.45) is 15.7 Å². The third-order valence-corrected chi connectivity index (χ3v) is 2.55. The summed E-state index contributed by atoms with van der Waals surface area (Å²) in [5, 5.41) is 0. The molecule has 0 saturated heterocycles. The Kier molecular flexibility index (Phi) is 5.77. The maximum absolute atomic E-state index is 11.2. The van der Waals surface area contributed by atoms with Crippen LogP contribution in [0.15, 0.2) is 40.3 Å². The van der Waals surface area contributed by atoms with Crippen LogP contribution in [0.4, 0.5) is 0 Å². The first kappa shape index (κ1) is 14.1. The lowest BCUT2D eigenvalue weighted by Gasteiger charge is -2.06. The first-order chi connectivity index (χ1) is 8.69. The highest BCUT2D eigenvalue weighted by Crippen LogP contribution is 2.08. The molecule has 0 aromatic heterocycles. The number of primary amides is 1. The van der Waals surface area contributed by atoms with Gasteiger partial charge in [0.2, 0.25) is 5.84 Å². The fraction of sp³-hybridized carbons (Fsp3) is 0.357. The number of amidine groups is 1. The molecule has 18 heavy (non-hydrogen) atoms. The van der Waals surface area contributed by atoms with Gasteiger partial charge in [0, 0.05) is 7.05 Å². The zero-order chi connectivity index (χ0) is 13.4. The van der Waals surface area contributed by atoms with E-state index < -0.39 is 5.91 Å². The van der Waals surface area contributed by atoms with Gasteiger partial charge in [0.25, 0.3) is 5.91 Å². The highest BCUT2D eigenvalue weighted by molar-refractivity contribution is 6.39. The summed E-state index contributed by atoms with van der Waals surface area (Å²) >= 11 is 0. The van der Waals surface area contributed by atoms with Crippen LogP contribution in [0.1, 0.15) is 31.7 Å². The van der Waals surface area contributed by atoms with Crippen LogP contribution in [0.2, 0.25) is 0 Å². The van der Waals surface area contributed by atoms with Crippen LogP contribution < -0.4 is 5.73 Å². The summed E-state index contributed by atoms with van der Waals surface area (Å²) in [6, 6.07) is 9.79. The monoisotopic (exact) mass is 245 g/mol. The SMILES string of the molecule is CCCCC(=NC(=NC)C(N)=O)c1ccccc1. The third kappa shape index (κ3) is 4.13. The Morgan fingerprint density at radius 2 is 1.94 bits per heavy atom. The van der Waals surface area contributed by atoms with E-state index in [0.29, 0.717) is 0 Å². The van der Waals surface area contributed by atoms with Crippen molar-refractivity contribution in [1.29, 1.82) is 0 Å². The quantitative estimate of drug-likeness (QED) is 0.641. The normalized spacial score (nSPS) is 12.6. The molecule has 4 heteroatoms. The molecule has 0 aliphatic carbocycles. The van der Waals surface area contributed by atoms with E-state index in [4.69, 9.17) is 5.73 Å². The van der Waals surface area contributed by atoms with Crippen molar-refractivity contribution < 1.29 is 4.79 Å². The summed E-state index contributed by atoms with van der Waals surface area (Å²) in [6.07, 6.45) is 2.90. The highest BCUT2D eigenvalue weighted by atomic mass is 16.1. The van der Waals surface area contributed by atoms with Crippen molar-refractivity contribution in [2.45, 2.75) is 26.2 Å². The summed E-state index contributed by atoms with van der Waals surface area (Å²) < 4.78 is 0. The number of unbranched alkanes of at least 4 members (excludes halogenated alkanes) is 1. The van der Waals surface area contributed by atoms with Crippen LogP contribution >= 0.6 is 0 Å². The zero-order valence-electron chi connectivity index (χ0n) is 10.9. The minimum absolute atomic E-state index is 0.0740. The first-order valence-electron chi connectivity index (χ1n) is 6.08. The summed E-state index contributed by atoms with van der Waals surface area (Å²) in [4.78, 5) is 19.3. The second-order valence-electron chi connectivity index (χ2n) is 3.94. The van der Waals surface area contributed by atoms with Crippen molar-refractivity contribution in [3.8, 4) is 0 Å². The first-order valence-corrected chi connectivity index (χ1v) is 6.08. The number of benzene rings is 1. The summed E-state index contributed by atoms with van der Waals surface area (Å²) in [7, 11) is 1.52. The summed E-state index contributed by atoms with van der Waals surface area (Å²) in [5.74, 6) is -0.521. The van der Waals surface area contributed by atoms with Gasteiger partial charge in [-0.05, 0) is 18.4 Å². The maximum Gasteiger partial charge on any atom is 0.286 e. The molecule has 0 fully saturated rings. The van der Waals surface area contributed by atoms with Gasteiger partial charge in [0.15, 0.2) is 0 Å². The molecule has 0 radical (unpaired) electrons. The molecule has 0 atom stereocenters. The van der Waals surface area contributed by atoms with E-state index in [1.807, 2.05) is 30.3 Å². The Bertz CT molecular complexity index is 449. The van der Waals surface area contributed by atoms with Crippen LogP contribution in [0.25, 0.3) is 0 Å². The van der Waals surface area contributed by atoms with Crippen molar-refractivity contribution in [2.75, 3.05) is 7.05 Å². The Balaban J connectivity index is 3.05. The largest absolute Gasteiger partial charge is 0.363 e. The second kappa shape index (κ2) is 7.37. The number of amides is 1. The number of hydrogen-bond acceptors (Lipinski definition) is 2. The lowest BCUT2D eigenvalue weighted by atomic mass is 10.0. The summed E-state index contributed by atoms with van der Waals surface area (Å²) in [5.41, 5.74) is 7.09. The van der Waals surface area contributed by atoms with Gasteiger partial charge >= 0.3 is 0 Å². The molecule has 4 nitrogen and oxygen atoms in total. The van der Waals surface area contributed by atoms with Gasteiger partial charge in [-0.3, -0.25) is 9.79 Å². The van der Waals surface area contributed by atoms with Gasteiger partial charge in [-0.1, -0.05) is 43.7 Å². The van der Waals surface area contributed by atoms with E-state index in [1.165, 1.54) is 7.05 Å². The molecule has 0 aliphatic heterocycles. The van der Waals surface area contributed by atoms with Gasteiger partial charge in [-0.15, -0.1) is 0 Å². The van der Waals surface area contributed by atoms with Crippen LogP contribution in [0.5, 0.6) is 0 Å². The minimum Gasteiger partial charge on any atom is -0.363 e. The maximum atomic E-state index is 11.2. The van der Waals surface area contributed by atoms with E-state index in [-0.39, 0.29) is 5.84 Å². The number of aliphatic imine (C=N–C) groups is 2. The van der Waals surface area contributed by atoms with Crippen molar-refractivity contribution in [3.05, 3.63) is 35.9 Å². The Morgan fingerprint density at radius 3 is 2.44 bits per heavy atom. The van der Waals surface area contributed by atoms with Crippen molar-refractivity contribution >= 4 is 17.5 Å². The molecule has 0 heterocycles. The smallest absolute Gasteiger partial charge is 0.286 e. The third-order valence-electron chi connectivity index (χ3n) is 2.55. The molecule has 2 N–H and O–H groups in total. The zero-order valence-corrected chi connectivity index (χ0v) is 10.9. The molecule has 1 amide bonds. The molecule has 0 saturated carbocycles. The molecule has 0 bridgehead atoms. The molecular weight excluding hydrogens is 226 g/mol. The fourth-order valence-electron chi connectivity index (χ4n) is 1.58. The molecule has 1 aromatic rings. The molecule has 1 rings (SSSR count). The molecule has 0 aliphatic rings. The number of nitrogens with zero attached hydrogens (tertiary/aromatic N) is 2. The average molecular weight is 245 g/mol. The topological polar surface area (TPSA) is 67.8 Å². The van der Waals surface area contributed by atoms with E-state index in [9.17, 15) is 4.79 Å². The van der Waals surface area contributed by atoms with E-state index >= 15 is 0 Å². The Labute approximate surface area is 108 Å². The molecule has 96 valence electrons. The van der Waals surface area contributed by atoms with Gasteiger partial charge in [-0.2, -0.15) is 0 Å². The van der Waals surface area contributed by atoms with Gasteiger partial charge < -0.3 is 5.73 Å². The van der Waals surface area contributed by atoms with Crippen molar-refractivity contribution in [1.82, 2.24) is 0 Å². The predicted molar refractivity (Wildman–Crippen MR) is 75.1 cm³/mol. The summed E-state index contributed by atoms with van der Waals surface area (Å²) in [6.45, 7) is 2.12. The lowest BCUT2D eigenvalue weighted by Crippen LogP contribution is -2.23. The van der Waals surface area contributed by atoms with E-state index in [1.54, 1.807) is 0 Å². The highest BCUT2D eigenvalue weighted by Gasteiger charge is 2.08. The number of hydrogen-bond donors (Lipinski definition) is 1. The van der Waals surface area contributed by atoms with Crippen LogP contribution in [-0.4, -0.2) is 24.5 Å². The van der Waals surface area contributed by atoms with Gasteiger partial charge in [0.1, 0.15) is 0 Å². The number of nitrogens with two attached hydrogens (primary N) is 1. The fourth-order valence-corrected chi connectivity index (χ4v) is 1.58. The molecule has 0 unspecified atom stereocenters. The number of carbonyl (C=O) groups excluding carboxylic acids is 1. The Morgan fingerprint density at radius 1 is 1.28 bits per heavy atom. The lowest BCUT2D eigenvalue weighted by molar-refractivity contribution is -0.112. The standard InChI is InChI=1S/C14H19N3O/c1-3-4-10-12(11-8-6-5-7-9-11)17-14(16-2)13(15)18/h5-9H,3-4,10H2,1-2H3,(H2,15,18). The second-order valence-corrected chi connectivity index (χ2v) is 3.94. The average Bonchev–Trinajstić information content (AvgIpc) is 2.39. The van der Waals surface area contributed by atoms with Gasteiger partial charge in [0.05, 0.1) is 5.71 Å². The van der Waals surface area contributed by atoms with Crippen LogP contribution in [0, 0.1) is 0 Å². The van der Waals surface area contributed by atoms with Crippen molar-refractivity contribution in [3.63, 3.8) is 0 Å². The van der Waals surface area contributed by atoms with E-state index in [0.717, 1.165) is 30.5 Å². The number of carbonyl (C=O) groups is 1. The Hall–Kier alpha value is -1.97. The van der Waals surface area contributed by atoms with Crippen LogP contribution in [0.3, 0.4) is 0 Å². The molecule has 0 spiro atoms. The molecular formula is C14H19N3O. The van der Waals surface area contributed by atoms with Gasteiger partial charge in [-0.25, -0.2) is 4.99 Å². The van der Waals surface area contributed by atoms with E-state index in [2.05, 4.69) is 16.9 Å². The molecule has 1 aromatic carbocycles. The minimum atomic E-state index is -0.595. The predicted octanol–water partition coefficient (Wildman–Crippen LogP) is 2.18. The number of rotatable bonds is 4.